The lowest BCUT2D eigenvalue weighted by Gasteiger charge is -2.10. The monoisotopic (exact) mass is 216 g/mol. The Morgan fingerprint density at radius 2 is 2.25 bits per heavy atom. The van der Waals surface area contributed by atoms with Gasteiger partial charge in [-0.1, -0.05) is 18.2 Å². The number of nitrogens with zero attached hydrogens (tertiary/aromatic N) is 1. The first-order valence-electron chi connectivity index (χ1n) is 4.67. The maximum absolute atomic E-state index is 9.94. The van der Waals surface area contributed by atoms with Gasteiger partial charge in [0.2, 0.25) is 0 Å². The predicted octanol–water partition coefficient (Wildman–Crippen LogP) is 0.786. The van der Waals surface area contributed by atoms with Crippen LogP contribution < -0.4 is 5.32 Å². The molecule has 0 saturated heterocycles. The molecule has 5 nitrogen and oxygen atoms in total. The van der Waals surface area contributed by atoms with Crippen LogP contribution in [0.5, 0.6) is 0 Å². The molecule has 1 heterocycles. The smallest absolute Gasteiger partial charge is 0.515 e. The van der Waals surface area contributed by atoms with E-state index in [0.717, 1.165) is 11.3 Å². The second-order valence-corrected chi connectivity index (χ2v) is 3.01. The van der Waals surface area contributed by atoms with Crippen molar-refractivity contribution in [1.29, 1.82) is 0 Å². The zero-order chi connectivity index (χ0) is 11.2. The summed E-state index contributed by atoms with van der Waals surface area (Å²) in [5.41, 5.74) is 1.86. The lowest BCUT2D eigenvalue weighted by molar-refractivity contribution is -0.121. The summed E-state index contributed by atoms with van der Waals surface area (Å²) in [4.78, 5) is 14.0. The Balaban J connectivity index is 2.07. The molecule has 0 unspecified atom stereocenters. The Morgan fingerprint density at radius 3 is 3.12 bits per heavy atom. The molecule has 80 valence electrons. The first-order valence-corrected chi connectivity index (χ1v) is 4.67. The lowest BCUT2D eigenvalue weighted by Crippen LogP contribution is -2.09. The van der Waals surface area contributed by atoms with Gasteiger partial charge < -0.3 is 14.6 Å². The Labute approximate surface area is 93.1 Å². The molecule has 1 N–H and O–H groups in total. The highest BCUT2D eigenvalue weighted by molar-refractivity contribution is 6.21. The molecule has 1 aliphatic rings. The average Bonchev–Trinajstić information content (AvgIpc) is 2.51. The third-order valence-electron chi connectivity index (χ3n) is 1.97. The normalized spacial score (nSPS) is 12.6. The largest absolute Gasteiger partial charge is 0.579 e. The molecule has 0 fully saturated rings. The average molecular weight is 216 g/mol. The van der Waals surface area contributed by atoms with Crippen molar-refractivity contribution in [2.75, 3.05) is 5.32 Å². The van der Waals surface area contributed by atoms with Crippen LogP contribution in [-0.2, 0) is 14.1 Å². The van der Waals surface area contributed by atoms with Crippen LogP contribution in [0.2, 0.25) is 0 Å². The number of para-hydroxylation sites is 1. The van der Waals surface area contributed by atoms with Gasteiger partial charge in [-0.25, -0.2) is 0 Å². The van der Waals surface area contributed by atoms with E-state index in [9.17, 15) is 4.79 Å². The molecular weight excluding hydrogens is 207 g/mol. The van der Waals surface area contributed by atoms with E-state index in [1.807, 2.05) is 24.3 Å². The molecule has 1 aromatic rings. The van der Waals surface area contributed by atoms with E-state index in [0.29, 0.717) is 12.4 Å². The highest BCUT2D eigenvalue weighted by Crippen LogP contribution is 2.17. The minimum Gasteiger partial charge on any atom is -0.515 e. The molecule has 1 aliphatic heterocycles. The fourth-order valence-electron chi connectivity index (χ4n) is 1.27. The van der Waals surface area contributed by atoms with Gasteiger partial charge in [-0.15, -0.1) is 0 Å². The van der Waals surface area contributed by atoms with Crippen LogP contribution in [0, 0.1) is 0 Å². The van der Waals surface area contributed by atoms with Crippen LogP contribution in [0.25, 0.3) is 0 Å². The minimum atomic E-state index is -0.139. The van der Waals surface area contributed by atoms with E-state index in [-0.39, 0.29) is 7.69 Å². The van der Waals surface area contributed by atoms with Crippen molar-refractivity contribution in [2.45, 2.75) is 0 Å². The molecule has 0 amide bonds. The molecule has 0 radical (unpaired) electrons. The Hall–Kier alpha value is -2.24. The summed E-state index contributed by atoms with van der Waals surface area (Å²) in [6.07, 6.45) is 3.24. The summed E-state index contributed by atoms with van der Waals surface area (Å²) in [7, 11) is -0.139. The number of carbonyl (C=O) groups excluding carboxylic acids is 1. The number of carbonyl (C=O) groups is 1. The number of fused-ring (bicyclic) bond motifs is 1. The Bertz CT molecular complexity index is 445. The molecular formula is C10H9BN2O3. The van der Waals surface area contributed by atoms with E-state index >= 15 is 0 Å². The molecule has 0 aromatic heterocycles. The van der Waals surface area contributed by atoms with E-state index in [1.54, 1.807) is 6.21 Å². The van der Waals surface area contributed by atoms with E-state index in [2.05, 4.69) is 15.0 Å². The number of nitrogens with one attached hydrogen (secondary N) is 1. The Kier molecular flexibility index (Phi) is 3.23. The highest BCUT2D eigenvalue weighted by Gasteiger charge is 2.07. The number of hydrogen-bond acceptors (Lipinski definition) is 5. The topological polar surface area (TPSA) is 59.9 Å². The van der Waals surface area contributed by atoms with Crippen molar-refractivity contribution in [3.05, 3.63) is 41.9 Å². The summed E-state index contributed by atoms with van der Waals surface area (Å²) in [6, 6.07) is 7.67. The first-order chi connectivity index (χ1) is 7.90. The number of hydrogen-bond donors (Lipinski definition) is 1. The van der Waals surface area contributed by atoms with Crippen molar-refractivity contribution in [1.82, 2.24) is 0 Å². The quantitative estimate of drug-likeness (QED) is 0.459. The van der Waals surface area contributed by atoms with Gasteiger partial charge in [0.05, 0.1) is 6.20 Å². The third kappa shape index (κ3) is 2.41. The van der Waals surface area contributed by atoms with E-state index < -0.39 is 0 Å². The zero-order valence-electron chi connectivity index (χ0n) is 8.42. The molecule has 16 heavy (non-hydrogen) atoms. The van der Waals surface area contributed by atoms with E-state index in [4.69, 9.17) is 4.65 Å². The van der Waals surface area contributed by atoms with Crippen LogP contribution in [0.3, 0.4) is 0 Å². The number of anilines is 1. The molecule has 0 bridgehead atoms. The maximum atomic E-state index is 9.94. The number of aliphatic imine (C=N–C) groups is 1. The fraction of sp³-hybridized carbons (Fsp3) is 0. The van der Waals surface area contributed by atoms with Gasteiger partial charge in [0.25, 0.3) is 6.47 Å². The zero-order valence-corrected chi connectivity index (χ0v) is 8.42. The van der Waals surface area contributed by atoms with Gasteiger partial charge in [0.15, 0.2) is 5.88 Å². The molecule has 0 aliphatic carbocycles. The van der Waals surface area contributed by atoms with Gasteiger partial charge in [-0.3, -0.25) is 9.79 Å². The van der Waals surface area contributed by atoms with Gasteiger partial charge in [0.1, 0.15) is 0 Å². The van der Waals surface area contributed by atoms with Crippen LogP contribution in [-0.4, -0.2) is 20.4 Å². The maximum Gasteiger partial charge on any atom is 0.579 e. The summed E-state index contributed by atoms with van der Waals surface area (Å²) >= 11 is 0. The highest BCUT2D eigenvalue weighted by atomic mass is 16.6. The summed E-state index contributed by atoms with van der Waals surface area (Å²) in [6.45, 7) is 0.328. The molecule has 0 saturated carbocycles. The first kappa shape index (κ1) is 10.3. The molecule has 6 heteroatoms. The van der Waals surface area contributed by atoms with Crippen molar-refractivity contribution in [3.8, 4) is 0 Å². The SMILES string of the molecule is O=COBOC1=CN=Cc2ccccc2N1. The van der Waals surface area contributed by atoms with Crippen molar-refractivity contribution >= 4 is 26.1 Å². The van der Waals surface area contributed by atoms with Crippen molar-refractivity contribution in [2.24, 2.45) is 4.99 Å². The molecule has 0 atom stereocenters. The summed E-state index contributed by atoms with van der Waals surface area (Å²) < 4.78 is 9.57. The number of benzene rings is 1. The molecule has 2 rings (SSSR count). The van der Waals surface area contributed by atoms with Crippen molar-refractivity contribution in [3.63, 3.8) is 0 Å². The second kappa shape index (κ2) is 5.02. The second-order valence-electron chi connectivity index (χ2n) is 3.01. The van der Waals surface area contributed by atoms with Crippen LogP contribution in [0.4, 0.5) is 5.69 Å². The van der Waals surface area contributed by atoms with Crippen LogP contribution in [0.15, 0.2) is 41.3 Å². The number of rotatable bonds is 4. The van der Waals surface area contributed by atoms with Gasteiger partial charge in [-0.05, 0) is 6.07 Å². The van der Waals surface area contributed by atoms with Gasteiger partial charge in [-0.2, -0.15) is 0 Å². The van der Waals surface area contributed by atoms with E-state index in [1.165, 1.54) is 6.20 Å². The van der Waals surface area contributed by atoms with Crippen molar-refractivity contribution < 1.29 is 14.1 Å². The Morgan fingerprint density at radius 1 is 1.38 bits per heavy atom. The summed E-state index contributed by atoms with van der Waals surface area (Å²) in [5, 5.41) is 3.04. The van der Waals surface area contributed by atoms with Crippen LogP contribution in [0.1, 0.15) is 5.56 Å². The van der Waals surface area contributed by atoms with Gasteiger partial charge >= 0.3 is 7.69 Å². The van der Waals surface area contributed by atoms with Crippen LogP contribution >= 0.6 is 0 Å². The third-order valence-corrected chi connectivity index (χ3v) is 1.97. The standard InChI is InChI=1S/C10H9BN2O3/c14-7-15-11-16-10-6-12-5-8-3-1-2-4-9(8)13-10/h1-7,11,13H. The van der Waals surface area contributed by atoms with Gasteiger partial charge in [0, 0.05) is 17.5 Å². The lowest BCUT2D eigenvalue weighted by atomic mass is 10.2. The minimum absolute atomic E-state index is 0.139. The molecule has 0 spiro atoms. The predicted molar refractivity (Wildman–Crippen MR) is 61.1 cm³/mol. The summed E-state index contributed by atoms with van der Waals surface area (Å²) in [5.74, 6) is 0.433. The molecule has 1 aromatic carbocycles. The fourth-order valence-corrected chi connectivity index (χ4v) is 1.27.